The summed E-state index contributed by atoms with van der Waals surface area (Å²) >= 11 is 0. The molecule has 4 atom stereocenters. The van der Waals surface area contributed by atoms with Gasteiger partial charge in [-0.1, -0.05) is 24.3 Å². The molecular weight excluding hydrogens is 559 g/mol. The average molecular weight is 590 g/mol. The summed E-state index contributed by atoms with van der Waals surface area (Å²) in [5.74, 6) is 1.19. The molecule has 1 aliphatic carbocycles. The normalized spacial score (nSPS) is 23.8. The summed E-state index contributed by atoms with van der Waals surface area (Å²) in [6.07, 6.45) is -3.46. The SMILES string of the molecule is O=S(=NCC1CC1)(N[C@H]1COCC[C@@H](N2c3ccccc3Oc3ccccc32)[C@H]1O)c1ccc(OC(F)(F)F)cc1. The van der Waals surface area contributed by atoms with Crippen molar-refractivity contribution in [2.45, 2.75) is 48.7 Å². The fraction of sp³-hybridized carbons (Fsp3) is 0.379. The molecule has 8 nitrogen and oxygen atoms in total. The minimum absolute atomic E-state index is 0.0660. The molecule has 41 heavy (non-hydrogen) atoms. The van der Waals surface area contributed by atoms with E-state index in [1.165, 1.54) is 12.1 Å². The topological polar surface area (TPSA) is 92.6 Å². The van der Waals surface area contributed by atoms with Crippen molar-refractivity contribution in [3.63, 3.8) is 0 Å². The van der Waals surface area contributed by atoms with E-state index in [2.05, 4.69) is 13.8 Å². The molecule has 2 aliphatic heterocycles. The van der Waals surface area contributed by atoms with Gasteiger partial charge >= 0.3 is 6.36 Å². The zero-order valence-corrected chi connectivity index (χ0v) is 22.8. The molecule has 1 unspecified atom stereocenters. The first-order valence-electron chi connectivity index (χ1n) is 13.5. The van der Waals surface area contributed by atoms with Crippen LogP contribution in [-0.2, 0) is 14.7 Å². The standard InChI is InChI=1S/C29H30F3N3O5S/c30-29(31,32)40-20-11-13-21(14-12-20)41(37,33-17-19-9-10-19)34-22-18-38-16-15-25(28(22)36)35-23-5-1-3-7-26(23)39-27-8-4-2-6-24(27)35/h1-8,11-14,19,22,25,28,36H,9-10,15-18H2,(H,33,34,37)/t22-,25+,28-,41?/m0/s1. The van der Waals surface area contributed by atoms with Crippen molar-refractivity contribution in [3.05, 3.63) is 72.8 Å². The van der Waals surface area contributed by atoms with Gasteiger partial charge < -0.3 is 24.2 Å². The van der Waals surface area contributed by atoms with Crippen LogP contribution in [0.5, 0.6) is 17.2 Å². The summed E-state index contributed by atoms with van der Waals surface area (Å²) in [7, 11) is -3.35. The lowest BCUT2D eigenvalue weighted by molar-refractivity contribution is -0.274. The van der Waals surface area contributed by atoms with Crippen molar-refractivity contribution >= 4 is 21.3 Å². The second-order valence-corrected chi connectivity index (χ2v) is 12.4. The summed E-state index contributed by atoms with van der Waals surface area (Å²) in [5, 5.41) is 11.8. The maximum absolute atomic E-state index is 14.4. The van der Waals surface area contributed by atoms with Gasteiger partial charge in [-0.05, 0) is 73.7 Å². The number of hydrogen-bond donors (Lipinski definition) is 2. The smallest absolute Gasteiger partial charge is 0.453 e. The molecule has 0 bridgehead atoms. The molecule has 2 N–H and O–H groups in total. The van der Waals surface area contributed by atoms with E-state index in [0.29, 0.717) is 37.0 Å². The van der Waals surface area contributed by atoms with E-state index >= 15 is 0 Å². The number of aliphatic hydroxyl groups excluding tert-OH is 1. The van der Waals surface area contributed by atoms with E-state index in [1.807, 2.05) is 53.4 Å². The first-order chi connectivity index (χ1) is 19.7. The highest BCUT2D eigenvalue weighted by molar-refractivity contribution is 7.91. The molecule has 2 fully saturated rings. The van der Waals surface area contributed by atoms with Crippen LogP contribution in [0.3, 0.4) is 0 Å². The van der Waals surface area contributed by atoms with Gasteiger partial charge in [0.05, 0.1) is 47.6 Å². The van der Waals surface area contributed by atoms with Crippen molar-refractivity contribution < 1.29 is 36.7 Å². The van der Waals surface area contributed by atoms with Gasteiger partial charge in [0.1, 0.15) is 15.7 Å². The van der Waals surface area contributed by atoms with Crippen LogP contribution in [0.2, 0.25) is 0 Å². The lowest BCUT2D eigenvalue weighted by Crippen LogP contribution is -2.54. The number of benzene rings is 3. The van der Waals surface area contributed by atoms with Crippen LogP contribution in [0.25, 0.3) is 0 Å². The number of ether oxygens (including phenoxy) is 3. The molecule has 0 radical (unpaired) electrons. The predicted octanol–water partition coefficient (Wildman–Crippen LogP) is 5.79. The number of para-hydroxylation sites is 4. The minimum atomic E-state index is -4.84. The Balaban J connectivity index is 1.32. The molecule has 0 spiro atoms. The number of hydrogen-bond acceptors (Lipinski definition) is 7. The van der Waals surface area contributed by atoms with Gasteiger partial charge in [-0.25, -0.2) is 13.3 Å². The number of nitrogens with one attached hydrogen (secondary N) is 1. The van der Waals surface area contributed by atoms with Gasteiger partial charge in [0.25, 0.3) is 0 Å². The number of aliphatic hydroxyl groups is 1. The van der Waals surface area contributed by atoms with Gasteiger partial charge in [-0.15, -0.1) is 13.2 Å². The molecule has 2 heterocycles. The first kappa shape index (κ1) is 27.8. The number of halogens is 3. The van der Waals surface area contributed by atoms with Crippen LogP contribution in [-0.4, -0.2) is 53.6 Å². The van der Waals surface area contributed by atoms with Crippen LogP contribution >= 0.6 is 0 Å². The summed E-state index contributed by atoms with van der Waals surface area (Å²) in [5.41, 5.74) is 1.57. The third kappa shape index (κ3) is 6.15. The lowest BCUT2D eigenvalue weighted by atomic mass is 9.98. The maximum Gasteiger partial charge on any atom is 0.573 e. The first-order valence-corrected chi connectivity index (χ1v) is 15.0. The van der Waals surface area contributed by atoms with E-state index in [1.54, 1.807) is 0 Å². The maximum atomic E-state index is 14.4. The van der Waals surface area contributed by atoms with Gasteiger partial charge in [0.2, 0.25) is 0 Å². The van der Waals surface area contributed by atoms with Gasteiger partial charge in [0, 0.05) is 6.61 Å². The van der Waals surface area contributed by atoms with Crippen molar-refractivity contribution in [2.24, 2.45) is 10.3 Å². The van der Waals surface area contributed by atoms with Crippen LogP contribution in [0, 0.1) is 5.92 Å². The average Bonchev–Trinajstić information content (AvgIpc) is 3.80. The van der Waals surface area contributed by atoms with E-state index in [-0.39, 0.29) is 11.5 Å². The molecule has 218 valence electrons. The quantitative estimate of drug-likeness (QED) is 0.363. The Morgan fingerprint density at radius 3 is 2.22 bits per heavy atom. The van der Waals surface area contributed by atoms with E-state index < -0.39 is 40.2 Å². The number of alkyl halides is 3. The fourth-order valence-corrected chi connectivity index (χ4v) is 7.05. The van der Waals surface area contributed by atoms with Crippen molar-refractivity contribution in [1.29, 1.82) is 0 Å². The highest BCUT2D eigenvalue weighted by atomic mass is 32.2. The van der Waals surface area contributed by atoms with Crippen LogP contribution in [0.4, 0.5) is 24.5 Å². The van der Waals surface area contributed by atoms with Gasteiger partial charge in [-0.2, -0.15) is 0 Å². The van der Waals surface area contributed by atoms with Crippen molar-refractivity contribution in [2.75, 3.05) is 24.7 Å². The summed E-state index contributed by atoms with van der Waals surface area (Å²) in [6.45, 7) is 0.756. The second-order valence-electron chi connectivity index (χ2n) is 10.4. The molecule has 3 aliphatic rings. The monoisotopic (exact) mass is 589 g/mol. The third-order valence-electron chi connectivity index (χ3n) is 7.36. The van der Waals surface area contributed by atoms with E-state index in [9.17, 15) is 22.5 Å². The second kappa shape index (κ2) is 11.2. The Bertz CT molecular complexity index is 1460. The van der Waals surface area contributed by atoms with Crippen LogP contribution in [0.15, 0.2) is 82.1 Å². The van der Waals surface area contributed by atoms with Crippen molar-refractivity contribution in [3.8, 4) is 17.2 Å². The Hall–Kier alpha value is -3.32. The zero-order valence-electron chi connectivity index (χ0n) is 22.0. The minimum Gasteiger partial charge on any atom is -0.453 e. The number of fused-ring (bicyclic) bond motifs is 2. The molecule has 0 aromatic heterocycles. The summed E-state index contributed by atoms with van der Waals surface area (Å²) in [6, 6.07) is 18.7. The zero-order chi connectivity index (χ0) is 28.6. The predicted molar refractivity (Wildman–Crippen MR) is 147 cm³/mol. The highest BCUT2D eigenvalue weighted by Gasteiger charge is 2.40. The molecule has 0 amide bonds. The molecule has 3 aromatic carbocycles. The van der Waals surface area contributed by atoms with E-state index in [0.717, 1.165) is 36.3 Å². The molecule has 12 heteroatoms. The molecular formula is C29H30F3N3O5S. The fourth-order valence-electron chi connectivity index (χ4n) is 5.15. The van der Waals surface area contributed by atoms with Crippen LogP contribution in [0.1, 0.15) is 19.3 Å². The molecule has 6 rings (SSSR count). The Morgan fingerprint density at radius 2 is 1.61 bits per heavy atom. The number of anilines is 2. The molecule has 1 saturated heterocycles. The molecule has 1 saturated carbocycles. The lowest BCUT2D eigenvalue weighted by Gasteiger charge is -2.41. The highest BCUT2D eigenvalue weighted by Crippen LogP contribution is 2.48. The van der Waals surface area contributed by atoms with Crippen molar-refractivity contribution in [1.82, 2.24) is 4.72 Å². The Kier molecular flexibility index (Phi) is 7.58. The molecule has 3 aromatic rings. The van der Waals surface area contributed by atoms with Crippen LogP contribution < -0.4 is 19.1 Å². The third-order valence-corrected chi connectivity index (χ3v) is 9.41. The summed E-state index contributed by atoms with van der Waals surface area (Å²) < 4.78 is 76.0. The number of nitrogens with zero attached hydrogens (tertiary/aromatic N) is 2. The summed E-state index contributed by atoms with van der Waals surface area (Å²) in [4.78, 5) is 2.23. The largest absolute Gasteiger partial charge is 0.573 e. The number of rotatable bonds is 7. The van der Waals surface area contributed by atoms with Gasteiger partial charge in [0.15, 0.2) is 11.5 Å². The Labute approximate surface area is 236 Å². The Morgan fingerprint density at radius 1 is 0.976 bits per heavy atom. The van der Waals surface area contributed by atoms with Gasteiger partial charge in [-0.3, -0.25) is 0 Å². The van der Waals surface area contributed by atoms with E-state index in [4.69, 9.17) is 9.47 Å².